The van der Waals surface area contributed by atoms with Gasteiger partial charge < -0.3 is 0 Å². The molecule has 0 amide bonds. The minimum Gasteiger partial charge on any atom is -0.177 e. The predicted molar refractivity (Wildman–Crippen MR) is 29.7 cm³/mol. The van der Waals surface area contributed by atoms with Crippen LogP contribution >= 0.6 is 0 Å². The van der Waals surface area contributed by atoms with Crippen LogP contribution < -0.4 is 11.7 Å². The fourth-order valence-corrected chi connectivity index (χ4v) is 0.224. The number of hydrogen-bond donors (Lipinski definition) is 2. The first-order chi connectivity index (χ1) is 3.12. The van der Waals surface area contributed by atoms with Gasteiger partial charge in [0, 0.05) is 0 Å². The van der Waals surface area contributed by atoms with E-state index in [9.17, 15) is 0 Å². The van der Waals surface area contributed by atoms with E-state index in [1.165, 1.54) is 0 Å². The van der Waals surface area contributed by atoms with E-state index in [4.69, 9.17) is 11.7 Å². The van der Waals surface area contributed by atoms with Crippen LogP contribution in [-0.2, 0) is 0 Å². The van der Waals surface area contributed by atoms with Gasteiger partial charge in [-0.25, -0.2) is 0 Å². The van der Waals surface area contributed by atoms with Crippen molar-refractivity contribution >= 4 is 0 Å². The smallest absolute Gasteiger partial charge is 0.111 e. The zero-order valence-electron chi connectivity index (χ0n) is 5.02. The third-order valence-corrected chi connectivity index (χ3v) is 1.18. The van der Waals surface area contributed by atoms with Gasteiger partial charge in [-0.3, -0.25) is 0 Å². The molecule has 0 heterocycles. The molecule has 0 aliphatic carbocycles. The van der Waals surface area contributed by atoms with Crippen LogP contribution in [-0.4, -0.2) is 17.8 Å². The molecule has 3 heteroatoms. The van der Waals surface area contributed by atoms with Gasteiger partial charge in [0.2, 0.25) is 0 Å². The molecule has 4 N–H and O–H groups in total. The molecule has 0 unspecified atom stereocenters. The summed E-state index contributed by atoms with van der Waals surface area (Å²) < 4.78 is 0.139. The molecule has 0 rings (SSSR count). The summed E-state index contributed by atoms with van der Waals surface area (Å²) in [5.74, 6) is 10.9. The molecule has 0 spiro atoms. The van der Waals surface area contributed by atoms with Gasteiger partial charge in [0.25, 0.3) is 0 Å². The second-order valence-corrected chi connectivity index (χ2v) is 1.74. The van der Waals surface area contributed by atoms with Gasteiger partial charge in [0.1, 0.15) is 13.1 Å². The topological polar surface area (TPSA) is 52.0 Å². The van der Waals surface area contributed by atoms with Crippen LogP contribution in [0.1, 0.15) is 13.8 Å². The summed E-state index contributed by atoms with van der Waals surface area (Å²) in [5, 5.41) is 0. The second-order valence-electron chi connectivity index (χ2n) is 1.74. The van der Waals surface area contributed by atoms with E-state index in [0.717, 1.165) is 13.1 Å². The Morgan fingerprint density at radius 1 is 1.14 bits per heavy atom. The van der Waals surface area contributed by atoms with Crippen molar-refractivity contribution in [3.8, 4) is 0 Å². The maximum Gasteiger partial charge on any atom is 0.111 e. The van der Waals surface area contributed by atoms with Crippen molar-refractivity contribution in [1.82, 2.24) is 0 Å². The standard InChI is InChI=1S/C4H14N3/c1-3-7(5,6)4-2/h3-6H2,1-2H3/q+1. The van der Waals surface area contributed by atoms with E-state index in [-0.39, 0.29) is 4.70 Å². The Bertz CT molecular complexity index is 44.9. The maximum atomic E-state index is 5.43. The lowest BCUT2D eigenvalue weighted by Gasteiger charge is -2.22. The van der Waals surface area contributed by atoms with Gasteiger partial charge >= 0.3 is 0 Å². The van der Waals surface area contributed by atoms with Crippen LogP contribution in [0.2, 0.25) is 0 Å². The van der Waals surface area contributed by atoms with E-state index in [1.54, 1.807) is 0 Å². The maximum absolute atomic E-state index is 5.43. The van der Waals surface area contributed by atoms with E-state index >= 15 is 0 Å². The van der Waals surface area contributed by atoms with Crippen molar-refractivity contribution in [2.24, 2.45) is 11.7 Å². The minimum atomic E-state index is 0.139. The normalized spacial score (nSPS) is 12.0. The molecule has 0 fully saturated rings. The van der Waals surface area contributed by atoms with Crippen molar-refractivity contribution in [1.29, 1.82) is 0 Å². The highest BCUT2D eigenvalue weighted by Crippen LogP contribution is 1.80. The fraction of sp³-hybridized carbons (Fsp3) is 1.00. The lowest BCUT2D eigenvalue weighted by atomic mass is 10.6. The SMILES string of the molecule is CC[N+](N)(N)CC. The third-order valence-electron chi connectivity index (χ3n) is 1.18. The largest absolute Gasteiger partial charge is 0.177 e. The second kappa shape index (κ2) is 2.26. The fourth-order valence-electron chi connectivity index (χ4n) is 0.224. The number of nitrogens with two attached hydrogens (primary N) is 2. The summed E-state index contributed by atoms with van der Waals surface area (Å²) in [5.41, 5.74) is 0. The average molecular weight is 104 g/mol. The Labute approximate surface area is 44.4 Å². The zero-order chi connectivity index (χ0) is 5.91. The first kappa shape index (κ1) is 6.88. The Morgan fingerprint density at radius 3 is 1.43 bits per heavy atom. The van der Waals surface area contributed by atoms with E-state index in [2.05, 4.69) is 0 Å². The van der Waals surface area contributed by atoms with Crippen molar-refractivity contribution in [3.05, 3.63) is 0 Å². The van der Waals surface area contributed by atoms with Crippen molar-refractivity contribution in [2.45, 2.75) is 13.8 Å². The van der Waals surface area contributed by atoms with Gasteiger partial charge in [-0.05, 0) is 13.8 Å². The molecular formula is C4H14N3+. The average Bonchev–Trinajstić information content (AvgIpc) is 1.68. The molecular weight excluding hydrogens is 90.1 g/mol. The van der Waals surface area contributed by atoms with Crippen LogP contribution in [0, 0.1) is 0 Å². The van der Waals surface area contributed by atoms with Gasteiger partial charge in [0.15, 0.2) is 0 Å². The van der Waals surface area contributed by atoms with Gasteiger partial charge in [-0.15, -0.1) is 0 Å². The molecule has 0 radical (unpaired) electrons. The number of hydrogen-bond acceptors (Lipinski definition) is 2. The Morgan fingerprint density at radius 2 is 1.43 bits per heavy atom. The van der Waals surface area contributed by atoms with Crippen molar-refractivity contribution in [2.75, 3.05) is 13.1 Å². The van der Waals surface area contributed by atoms with Crippen molar-refractivity contribution < 1.29 is 4.70 Å². The summed E-state index contributed by atoms with van der Waals surface area (Å²) in [6.45, 7) is 5.50. The monoisotopic (exact) mass is 104 g/mol. The molecule has 0 aromatic carbocycles. The molecule has 0 aromatic rings. The molecule has 0 aromatic heterocycles. The molecule has 3 nitrogen and oxygen atoms in total. The molecule has 0 saturated heterocycles. The molecule has 44 valence electrons. The molecule has 0 atom stereocenters. The quantitative estimate of drug-likeness (QED) is 0.284. The van der Waals surface area contributed by atoms with E-state index in [0.29, 0.717) is 0 Å². The summed E-state index contributed by atoms with van der Waals surface area (Å²) in [7, 11) is 0. The highest BCUT2D eigenvalue weighted by molar-refractivity contribution is 4.11. The van der Waals surface area contributed by atoms with Gasteiger partial charge in [0.05, 0.1) is 0 Å². The Hall–Kier alpha value is -0.120. The Kier molecular flexibility index (Phi) is 2.22. The highest BCUT2D eigenvalue weighted by Gasteiger charge is 2.07. The van der Waals surface area contributed by atoms with Crippen LogP contribution in [0.25, 0.3) is 0 Å². The van der Waals surface area contributed by atoms with Gasteiger partial charge in [-0.2, -0.15) is 16.4 Å². The van der Waals surface area contributed by atoms with Crippen molar-refractivity contribution in [3.63, 3.8) is 0 Å². The summed E-state index contributed by atoms with van der Waals surface area (Å²) >= 11 is 0. The molecule has 0 aliphatic rings. The highest BCUT2D eigenvalue weighted by atomic mass is 15.7. The first-order valence-electron chi connectivity index (χ1n) is 2.56. The lowest BCUT2D eigenvalue weighted by molar-refractivity contribution is -0.948. The summed E-state index contributed by atoms with van der Waals surface area (Å²) in [6, 6.07) is 0. The predicted octanol–water partition coefficient (Wildman–Crippen LogP) is -0.410. The minimum absolute atomic E-state index is 0.139. The summed E-state index contributed by atoms with van der Waals surface area (Å²) in [6.07, 6.45) is 0. The Balaban J connectivity index is 3.36. The number of rotatable bonds is 2. The lowest BCUT2D eigenvalue weighted by Crippen LogP contribution is -2.59. The molecule has 7 heavy (non-hydrogen) atoms. The van der Waals surface area contributed by atoms with Crippen LogP contribution in [0.3, 0.4) is 0 Å². The summed E-state index contributed by atoms with van der Waals surface area (Å²) in [4.78, 5) is 0. The van der Waals surface area contributed by atoms with E-state index < -0.39 is 0 Å². The van der Waals surface area contributed by atoms with E-state index in [1.807, 2.05) is 13.8 Å². The molecule has 0 aliphatic heterocycles. The molecule has 0 bridgehead atoms. The zero-order valence-corrected chi connectivity index (χ0v) is 5.02. The van der Waals surface area contributed by atoms with Gasteiger partial charge in [-0.1, -0.05) is 0 Å². The first-order valence-corrected chi connectivity index (χ1v) is 2.56. The number of nitrogens with zero attached hydrogens (tertiary/aromatic N) is 1. The van der Waals surface area contributed by atoms with Crippen LogP contribution in [0.15, 0.2) is 0 Å². The molecule has 0 saturated carbocycles. The van der Waals surface area contributed by atoms with Crippen LogP contribution in [0.5, 0.6) is 0 Å². The number of quaternary nitrogens is 1. The van der Waals surface area contributed by atoms with Crippen LogP contribution in [0.4, 0.5) is 0 Å². The third kappa shape index (κ3) is 2.56.